The minimum absolute atomic E-state index is 0.348. The molecule has 2 N–H and O–H groups in total. The minimum atomic E-state index is -0.851. The van der Waals surface area contributed by atoms with Gasteiger partial charge in [-0.15, -0.1) is 23.4 Å². The van der Waals surface area contributed by atoms with E-state index in [1.54, 1.807) is 11.8 Å². The first-order valence-corrected chi connectivity index (χ1v) is 6.51. The second-order valence-electron chi connectivity index (χ2n) is 3.27. The van der Waals surface area contributed by atoms with Crippen molar-refractivity contribution in [3.05, 3.63) is 29.8 Å². The Morgan fingerprint density at radius 2 is 2.13 bits per heavy atom. The Morgan fingerprint density at radius 1 is 1.40 bits per heavy atom. The molecule has 0 saturated carbocycles. The van der Waals surface area contributed by atoms with Crippen molar-refractivity contribution in [2.24, 2.45) is 0 Å². The van der Waals surface area contributed by atoms with Crippen molar-refractivity contribution in [1.29, 1.82) is 0 Å². The number of thioether (sulfide) groups is 1. The summed E-state index contributed by atoms with van der Waals surface area (Å²) >= 11 is 7.12. The Kier molecular flexibility index (Phi) is 5.47. The lowest BCUT2D eigenvalue weighted by molar-refractivity contribution is 0.0169. The van der Waals surface area contributed by atoms with E-state index >= 15 is 0 Å². The number of hydrogen-bond donors (Lipinski definition) is 2. The van der Waals surface area contributed by atoms with Gasteiger partial charge in [-0.2, -0.15) is 0 Å². The molecule has 4 heteroatoms. The zero-order valence-corrected chi connectivity index (χ0v) is 10.1. The van der Waals surface area contributed by atoms with Crippen LogP contribution in [0.15, 0.2) is 29.2 Å². The van der Waals surface area contributed by atoms with Crippen LogP contribution in [0.4, 0.5) is 0 Å². The highest BCUT2D eigenvalue weighted by Gasteiger charge is 2.17. The van der Waals surface area contributed by atoms with Gasteiger partial charge in [0.2, 0.25) is 0 Å². The van der Waals surface area contributed by atoms with Crippen LogP contribution in [0.25, 0.3) is 0 Å². The van der Waals surface area contributed by atoms with Crippen molar-refractivity contribution in [2.75, 3.05) is 12.1 Å². The average Bonchev–Trinajstić information content (AvgIpc) is 2.28. The van der Waals surface area contributed by atoms with Crippen LogP contribution in [-0.2, 0) is 0 Å². The lowest BCUT2D eigenvalue weighted by Gasteiger charge is -2.17. The Labute approximate surface area is 99.3 Å². The van der Waals surface area contributed by atoms with E-state index in [1.165, 1.54) is 0 Å². The first kappa shape index (κ1) is 12.8. The molecule has 0 aliphatic rings. The Hall–Kier alpha value is -0.220. The molecule has 2 atom stereocenters. The first-order valence-electron chi connectivity index (χ1n) is 4.75. The summed E-state index contributed by atoms with van der Waals surface area (Å²) in [5.74, 6) is 0.348. The average molecular weight is 247 g/mol. The fraction of sp³-hybridized carbons (Fsp3) is 0.455. The van der Waals surface area contributed by atoms with Crippen LogP contribution in [0.3, 0.4) is 0 Å². The SMILES string of the molecule is CSc1cccc(C(O)C(O)CCCl)c1. The van der Waals surface area contributed by atoms with E-state index < -0.39 is 12.2 Å². The van der Waals surface area contributed by atoms with Gasteiger partial charge in [0.25, 0.3) is 0 Å². The third kappa shape index (κ3) is 3.68. The smallest absolute Gasteiger partial charge is 0.105 e. The molecule has 1 aromatic carbocycles. The Morgan fingerprint density at radius 3 is 2.73 bits per heavy atom. The maximum Gasteiger partial charge on any atom is 0.105 e. The maximum atomic E-state index is 9.82. The molecule has 0 fully saturated rings. The summed E-state index contributed by atoms with van der Waals surface area (Å²) in [6.07, 6.45) is 0.725. The molecule has 0 aliphatic heterocycles. The quantitative estimate of drug-likeness (QED) is 0.619. The number of halogens is 1. The van der Waals surface area contributed by atoms with Crippen molar-refractivity contribution >= 4 is 23.4 Å². The summed E-state index contributed by atoms with van der Waals surface area (Å²) in [4.78, 5) is 1.07. The third-order valence-corrected chi connectivity index (χ3v) is 3.15. The van der Waals surface area contributed by atoms with E-state index in [9.17, 15) is 10.2 Å². The van der Waals surface area contributed by atoms with Gasteiger partial charge in [0.15, 0.2) is 0 Å². The highest BCUT2D eigenvalue weighted by molar-refractivity contribution is 7.98. The molecule has 0 aromatic heterocycles. The summed E-state index contributed by atoms with van der Waals surface area (Å²) in [6.45, 7) is 0. The molecular formula is C11H15ClO2S. The van der Waals surface area contributed by atoms with E-state index in [2.05, 4.69) is 0 Å². The van der Waals surface area contributed by atoms with Crippen LogP contribution in [0.1, 0.15) is 18.1 Å². The number of aliphatic hydroxyl groups is 2. The topological polar surface area (TPSA) is 40.5 Å². The van der Waals surface area contributed by atoms with E-state index in [0.717, 1.165) is 10.5 Å². The summed E-state index contributed by atoms with van der Waals surface area (Å²) in [6, 6.07) is 7.53. The third-order valence-electron chi connectivity index (χ3n) is 2.20. The Balaban J connectivity index is 2.76. The van der Waals surface area contributed by atoms with Gasteiger partial charge in [0.05, 0.1) is 6.10 Å². The molecule has 2 unspecified atom stereocenters. The van der Waals surface area contributed by atoms with Gasteiger partial charge in [-0.25, -0.2) is 0 Å². The van der Waals surface area contributed by atoms with Gasteiger partial charge in [-0.05, 0) is 30.4 Å². The highest BCUT2D eigenvalue weighted by Crippen LogP contribution is 2.23. The zero-order chi connectivity index (χ0) is 11.3. The fourth-order valence-corrected chi connectivity index (χ4v) is 2.01. The standard InChI is InChI=1S/C11H15ClO2S/c1-15-9-4-2-3-8(7-9)11(14)10(13)5-6-12/h2-4,7,10-11,13-14H,5-6H2,1H3. The van der Waals surface area contributed by atoms with Crippen molar-refractivity contribution < 1.29 is 10.2 Å². The lowest BCUT2D eigenvalue weighted by atomic mass is 10.0. The molecular weight excluding hydrogens is 232 g/mol. The summed E-state index contributed by atoms with van der Waals surface area (Å²) in [7, 11) is 0. The molecule has 0 saturated heterocycles. The van der Waals surface area contributed by atoms with Gasteiger partial charge in [0, 0.05) is 10.8 Å². The highest BCUT2D eigenvalue weighted by atomic mass is 35.5. The van der Waals surface area contributed by atoms with Gasteiger partial charge < -0.3 is 10.2 Å². The predicted octanol–water partition coefficient (Wildman–Crippen LogP) is 2.43. The molecule has 15 heavy (non-hydrogen) atoms. The normalized spacial score (nSPS) is 14.9. The van der Waals surface area contributed by atoms with Crippen LogP contribution in [0.5, 0.6) is 0 Å². The molecule has 84 valence electrons. The van der Waals surface area contributed by atoms with Gasteiger partial charge in [0.1, 0.15) is 6.10 Å². The zero-order valence-electron chi connectivity index (χ0n) is 8.56. The fourth-order valence-electron chi connectivity index (χ4n) is 1.32. The molecule has 2 nitrogen and oxygen atoms in total. The van der Waals surface area contributed by atoms with Crippen molar-refractivity contribution in [1.82, 2.24) is 0 Å². The first-order chi connectivity index (χ1) is 7.19. The molecule has 1 aromatic rings. The second-order valence-corrected chi connectivity index (χ2v) is 4.52. The maximum absolute atomic E-state index is 9.82. The van der Waals surface area contributed by atoms with Crippen LogP contribution in [0.2, 0.25) is 0 Å². The lowest BCUT2D eigenvalue weighted by Crippen LogP contribution is -2.18. The van der Waals surface area contributed by atoms with Crippen LogP contribution < -0.4 is 0 Å². The number of benzene rings is 1. The molecule has 0 amide bonds. The van der Waals surface area contributed by atoms with Gasteiger partial charge >= 0.3 is 0 Å². The number of rotatable bonds is 5. The van der Waals surface area contributed by atoms with Gasteiger partial charge in [-0.1, -0.05) is 12.1 Å². The van der Waals surface area contributed by atoms with E-state index in [-0.39, 0.29) is 0 Å². The molecule has 0 aliphatic carbocycles. The van der Waals surface area contributed by atoms with Crippen molar-refractivity contribution in [3.8, 4) is 0 Å². The van der Waals surface area contributed by atoms with Crippen LogP contribution >= 0.6 is 23.4 Å². The summed E-state index contributed by atoms with van der Waals surface area (Å²) in [5.41, 5.74) is 0.736. The molecule has 1 rings (SSSR count). The van der Waals surface area contributed by atoms with Gasteiger partial charge in [-0.3, -0.25) is 0 Å². The number of hydrogen-bond acceptors (Lipinski definition) is 3. The largest absolute Gasteiger partial charge is 0.390 e. The molecule has 0 heterocycles. The summed E-state index contributed by atoms with van der Waals surface area (Å²) < 4.78 is 0. The van der Waals surface area contributed by atoms with Crippen molar-refractivity contribution in [2.45, 2.75) is 23.5 Å². The number of alkyl halides is 1. The second kappa shape index (κ2) is 6.38. The minimum Gasteiger partial charge on any atom is -0.390 e. The van der Waals surface area contributed by atoms with E-state index in [4.69, 9.17) is 11.6 Å². The molecule has 0 bridgehead atoms. The van der Waals surface area contributed by atoms with Crippen LogP contribution in [0, 0.1) is 0 Å². The van der Waals surface area contributed by atoms with Crippen LogP contribution in [-0.4, -0.2) is 28.5 Å². The summed E-state index contributed by atoms with van der Waals surface area (Å²) in [5, 5.41) is 19.4. The van der Waals surface area contributed by atoms with E-state index in [0.29, 0.717) is 12.3 Å². The predicted molar refractivity (Wildman–Crippen MR) is 64.5 cm³/mol. The monoisotopic (exact) mass is 246 g/mol. The molecule has 0 radical (unpaired) electrons. The van der Waals surface area contributed by atoms with Crippen molar-refractivity contribution in [3.63, 3.8) is 0 Å². The Bertz CT molecular complexity index is 306. The molecule has 0 spiro atoms. The van der Waals surface area contributed by atoms with E-state index in [1.807, 2.05) is 30.5 Å². The number of aliphatic hydroxyl groups excluding tert-OH is 2.